The van der Waals surface area contributed by atoms with Gasteiger partial charge in [0.1, 0.15) is 5.75 Å². The zero-order valence-corrected chi connectivity index (χ0v) is 14.9. The molecule has 1 aromatic rings. The number of likely N-dealkylation sites (tertiary alicyclic amines) is 1. The first-order valence-corrected chi connectivity index (χ1v) is 9.11. The summed E-state index contributed by atoms with van der Waals surface area (Å²) in [6, 6.07) is 7.26. The van der Waals surface area contributed by atoms with E-state index in [1.54, 1.807) is 13.2 Å². The maximum atomic E-state index is 12.6. The Labute approximate surface area is 149 Å². The van der Waals surface area contributed by atoms with Gasteiger partial charge in [0.2, 0.25) is 5.91 Å². The third-order valence-electron chi connectivity index (χ3n) is 5.04. The van der Waals surface area contributed by atoms with Gasteiger partial charge in [-0.2, -0.15) is 0 Å². The number of hydrogen-bond donors (Lipinski definition) is 0. The van der Waals surface area contributed by atoms with Crippen molar-refractivity contribution in [2.75, 3.05) is 52.9 Å². The minimum atomic E-state index is 0.0286. The van der Waals surface area contributed by atoms with Crippen LogP contribution < -0.4 is 4.74 Å². The molecular formula is C19H27N3O3. The van der Waals surface area contributed by atoms with E-state index in [1.807, 2.05) is 28.0 Å². The van der Waals surface area contributed by atoms with Crippen molar-refractivity contribution in [2.45, 2.75) is 19.3 Å². The van der Waals surface area contributed by atoms with Crippen LogP contribution >= 0.6 is 0 Å². The Morgan fingerprint density at radius 2 is 1.68 bits per heavy atom. The lowest BCUT2D eigenvalue weighted by Crippen LogP contribution is -2.52. The molecule has 2 heterocycles. The van der Waals surface area contributed by atoms with Crippen molar-refractivity contribution in [1.82, 2.24) is 14.7 Å². The quantitative estimate of drug-likeness (QED) is 0.829. The van der Waals surface area contributed by atoms with Gasteiger partial charge >= 0.3 is 0 Å². The molecule has 6 nitrogen and oxygen atoms in total. The molecule has 0 atom stereocenters. The minimum Gasteiger partial charge on any atom is -0.497 e. The lowest BCUT2D eigenvalue weighted by Gasteiger charge is -2.36. The lowest BCUT2D eigenvalue weighted by molar-refractivity contribution is -0.133. The second kappa shape index (κ2) is 8.34. The summed E-state index contributed by atoms with van der Waals surface area (Å²) in [6.45, 7) is 5.07. The summed E-state index contributed by atoms with van der Waals surface area (Å²) in [6.07, 6.45) is 3.47. The van der Waals surface area contributed by atoms with Crippen LogP contribution in [0.15, 0.2) is 24.3 Å². The maximum Gasteiger partial charge on any atom is 0.254 e. The summed E-state index contributed by atoms with van der Waals surface area (Å²) >= 11 is 0. The van der Waals surface area contributed by atoms with Crippen LogP contribution in [0.2, 0.25) is 0 Å². The van der Waals surface area contributed by atoms with Gasteiger partial charge < -0.3 is 14.5 Å². The van der Waals surface area contributed by atoms with Crippen molar-refractivity contribution in [3.05, 3.63) is 29.8 Å². The van der Waals surface area contributed by atoms with Crippen LogP contribution in [0.5, 0.6) is 5.75 Å². The van der Waals surface area contributed by atoms with Crippen molar-refractivity contribution in [3.8, 4) is 5.75 Å². The number of nitrogens with zero attached hydrogens (tertiary/aromatic N) is 3. The molecule has 136 valence electrons. The average molecular weight is 345 g/mol. The van der Waals surface area contributed by atoms with Gasteiger partial charge in [-0.15, -0.1) is 0 Å². The number of piperazine rings is 1. The third kappa shape index (κ3) is 4.51. The topological polar surface area (TPSA) is 53.1 Å². The SMILES string of the molecule is COc1cccc(C(=O)N2CCN(CC(=O)N3CCCCC3)CC2)c1. The molecule has 0 aromatic heterocycles. The highest BCUT2D eigenvalue weighted by Gasteiger charge is 2.25. The molecule has 6 heteroatoms. The zero-order valence-electron chi connectivity index (χ0n) is 14.9. The van der Waals surface area contributed by atoms with Crippen molar-refractivity contribution >= 4 is 11.8 Å². The standard InChI is InChI=1S/C19H27N3O3/c1-25-17-7-5-6-16(14-17)19(24)22-12-10-20(11-13-22)15-18(23)21-8-3-2-4-9-21/h5-7,14H,2-4,8-13,15H2,1H3. The normalized spacial score (nSPS) is 18.9. The van der Waals surface area contributed by atoms with Crippen molar-refractivity contribution in [1.29, 1.82) is 0 Å². The summed E-state index contributed by atoms with van der Waals surface area (Å²) in [5.41, 5.74) is 0.650. The van der Waals surface area contributed by atoms with Gasteiger partial charge in [0, 0.05) is 44.8 Å². The molecule has 0 N–H and O–H groups in total. The number of ether oxygens (including phenoxy) is 1. The molecule has 0 unspecified atom stereocenters. The van der Waals surface area contributed by atoms with E-state index in [0.29, 0.717) is 30.9 Å². The summed E-state index contributed by atoms with van der Waals surface area (Å²) < 4.78 is 5.19. The Balaban J connectivity index is 1.49. The summed E-state index contributed by atoms with van der Waals surface area (Å²) in [4.78, 5) is 31.0. The molecule has 2 aliphatic rings. The molecule has 0 aliphatic carbocycles. The molecule has 3 rings (SSSR count). The molecule has 2 amide bonds. The van der Waals surface area contributed by atoms with Crippen LogP contribution in [-0.2, 0) is 4.79 Å². The van der Waals surface area contributed by atoms with E-state index in [9.17, 15) is 9.59 Å². The Morgan fingerprint density at radius 1 is 0.960 bits per heavy atom. The van der Waals surface area contributed by atoms with E-state index < -0.39 is 0 Å². The molecule has 0 bridgehead atoms. The number of hydrogen-bond acceptors (Lipinski definition) is 4. The summed E-state index contributed by atoms with van der Waals surface area (Å²) in [7, 11) is 1.60. The molecular weight excluding hydrogens is 318 g/mol. The predicted molar refractivity (Wildman–Crippen MR) is 95.8 cm³/mol. The fourth-order valence-electron chi connectivity index (χ4n) is 3.48. The lowest BCUT2D eigenvalue weighted by atomic mass is 10.1. The van der Waals surface area contributed by atoms with Crippen molar-refractivity contribution in [3.63, 3.8) is 0 Å². The Morgan fingerprint density at radius 3 is 2.36 bits per heavy atom. The van der Waals surface area contributed by atoms with Crippen LogP contribution in [-0.4, -0.2) is 79.4 Å². The predicted octanol–water partition coefficient (Wildman–Crippen LogP) is 1.47. The first kappa shape index (κ1) is 17.7. The van der Waals surface area contributed by atoms with E-state index in [0.717, 1.165) is 39.0 Å². The number of carbonyl (C=O) groups excluding carboxylic acids is 2. The minimum absolute atomic E-state index is 0.0286. The smallest absolute Gasteiger partial charge is 0.254 e. The van der Waals surface area contributed by atoms with Gasteiger partial charge in [-0.25, -0.2) is 0 Å². The molecule has 25 heavy (non-hydrogen) atoms. The number of carbonyl (C=O) groups is 2. The van der Waals surface area contributed by atoms with Crippen molar-refractivity contribution in [2.24, 2.45) is 0 Å². The highest BCUT2D eigenvalue weighted by atomic mass is 16.5. The molecule has 2 saturated heterocycles. The average Bonchev–Trinajstić information content (AvgIpc) is 2.68. The van der Waals surface area contributed by atoms with Gasteiger partial charge in [-0.05, 0) is 37.5 Å². The number of piperidine rings is 1. The molecule has 2 aliphatic heterocycles. The highest BCUT2D eigenvalue weighted by molar-refractivity contribution is 5.94. The molecule has 2 fully saturated rings. The van der Waals surface area contributed by atoms with Crippen LogP contribution in [0.1, 0.15) is 29.6 Å². The number of rotatable bonds is 4. The van der Waals surface area contributed by atoms with Gasteiger partial charge in [0.05, 0.1) is 13.7 Å². The highest BCUT2D eigenvalue weighted by Crippen LogP contribution is 2.16. The second-order valence-electron chi connectivity index (χ2n) is 6.74. The van der Waals surface area contributed by atoms with E-state index in [-0.39, 0.29) is 11.8 Å². The fourth-order valence-corrected chi connectivity index (χ4v) is 3.48. The maximum absolute atomic E-state index is 12.6. The summed E-state index contributed by atoms with van der Waals surface area (Å²) in [5, 5.41) is 0. The second-order valence-corrected chi connectivity index (χ2v) is 6.74. The van der Waals surface area contributed by atoms with Gasteiger partial charge in [0.15, 0.2) is 0 Å². The van der Waals surface area contributed by atoms with Crippen LogP contribution in [0.4, 0.5) is 0 Å². The Hall–Kier alpha value is -2.08. The molecule has 0 saturated carbocycles. The third-order valence-corrected chi connectivity index (χ3v) is 5.04. The Bertz CT molecular complexity index is 606. The van der Waals surface area contributed by atoms with Gasteiger partial charge in [0.25, 0.3) is 5.91 Å². The van der Waals surface area contributed by atoms with E-state index in [4.69, 9.17) is 4.74 Å². The van der Waals surface area contributed by atoms with Gasteiger partial charge in [-0.3, -0.25) is 14.5 Å². The number of amides is 2. The molecule has 1 aromatic carbocycles. The van der Waals surface area contributed by atoms with E-state index in [1.165, 1.54) is 6.42 Å². The number of benzene rings is 1. The van der Waals surface area contributed by atoms with Gasteiger partial charge in [-0.1, -0.05) is 6.07 Å². The van der Waals surface area contributed by atoms with Crippen LogP contribution in [0, 0.1) is 0 Å². The van der Waals surface area contributed by atoms with Crippen LogP contribution in [0.3, 0.4) is 0 Å². The Kier molecular flexibility index (Phi) is 5.91. The largest absolute Gasteiger partial charge is 0.497 e. The molecule has 0 radical (unpaired) electrons. The first-order valence-electron chi connectivity index (χ1n) is 9.11. The first-order chi connectivity index (χ1) is 12.2. The number of methoxy groups -OCH3 is 1. The zero-order chi connectivity index (χ0) is 17.6. The van der Waals surface area contributed by atoms with Crippen molar-refractivity contribution < 1.29 is 14.3 Å². The monoisotopic (exact) mass is 345 g/mol. The fraction of sp³-hybridized carbons (Fsp3) is 0.579. The van der Waals surface area contributed by atoms with E-state index in [2.05, 4.69) is 4.90 Å². The summed E-state index contributed by atoms with van der Waals surface area (Å²) in [5.74, 6) is 0.949. The van der Waals surface area contributed by atoms with Crippen LogP contribution in [0.25, 0.3) is 0 Å². The molecule has 0 spiro atoms. The van der Waals surface area contributed by atoms with E-state index >= 15 is 0 Å².